The van der Waals surface area contributed by atoms with Gasteiger partial charge in [-0.15, -0.1) is 11.8 Å². The minimum Gasteiger partial charge on any atom is -0.383 e. The number of aliphatic hydroxyl groups is 1. The molecule has 2 N–H and O–H groups in total. The van der Waals surface area contributed by atoms with Crippen molar-refractivity contribution in [3.63, 3.8) is 0 Å². The van der Waals surface area contributed by atoms with Gasteiger partial charge in [-0.3, -0.25) is 0 Å². The van der Waals surface area contributed by atoms with Crippen LogP contribution >= 0.6 is 11.8 Å². The lowest BCUT2D eigenvalue weighted by molar-refractivity contribution is -0.195. The van der Waals surface area contributed by atoms with Crippen molar-refractivity contribution >= 4 is 22.9 Å². The number of nitrogens with one attached hydrogen (secondary N) is 1. The van der Waals surface area contributed by atoms with Gasteiger partial charge in [0.1, 0.15) is 16.9 Å². The van der Waals surface area contributed by atoms with E-state index < -0.39 is 18.0 Å². The summed E-state index contributed by atoms with van der Waals surface area (Å²) >= 11 is 0.797. The number of aromatic amines is 1. The molecule has 0 saturated carbocycles. The molecule has 0 aromatic carbocycles. The van der Waals surface area contributed by atoms with Gasteiger partial charge in [0, 0.05) is 5.75 Å². The van der Waals surface area contributed by atoms with Gasteiger partial charge >= 0.3 is 6.18 Å². The summed E-state index contributed by atoms with van der Waals surface area (Å²) in [6, 6.07) is 0. The van der Waals surface area contributed by atoms with E-state index in [1.54, 1.807) is 0 Å². The third kappa shape index (κ3) is 2.67. The number of thioether (sulfide) groups is 1. The van der Waals surface area contributed by atoms with E-state index in [2.05, 4.69) is 19.9 Å². The predicted molar refractivity (Wildman–Crippen MR) is 54.5 cm³/mol. The Kier molecular flexibility index (Phi) is 3.20. The molecule has 92 valence electrons. The molecule has 0 aliphatic carbocycles. The molecule has 0 amide bonds. The van der Waals surface area contributed by atoms with Crippen molar-refractivity contribution in [2.75, 3.05) is 5.75 Å². The Morgan fingerprint density at radius 3 is 2.82 bits per heavy atom. The second-order valence-electron chi connectivity index (χ2n) is 3.15. The summed E-state index contributed by atoms with van der Waals surface area (Å²) in [4.78, 5) is 14.2. The molecule has 0 aliphatic rings. The van der Waals surface area contributed by atoms with E-state index in [1.165, 1.54) is 12.7 Å². The minimum atomic E-state index is -4.62. The first-order valence-corrected chi connectivity index (χ1v) is 5.48. The van der Waals surface area contributed by atoms with Crippen LogP contribution in [0.5, 0.6) is 0 Å². The third-order valence-electron chi connectivity index (χ3n) is 1.94. The highest BCUT2D eigenvalue weighted by Gasteiger charge is 2.38. The van der Waals surface area contributed by atoms with Crippen molar-refractivity contribution in [3.8, 4) is 0 Å². The summed E-state index contributed by atoms with van der Waals surface area (Å²) in [5, 5.41) is 9.18. The molecule has 0 aliphatic heterocycles. The van der Waals surface area contributed by atoms with Crippen molar-refractivity contribution in [1.29, 1.82) is 0 Å². The first kappa shape index (κ1) is 12.1. The fraction of sp³-hybridized carbons (Fsp3) is 0.375. The smallest absolute Gasteiger partial charge is 0.383 e. The number of hydrogen-bond acceptors (Lipinski definition) is 5. The highest BCUT2D eigenvalue weighted by molar-refractivity contribution is 7.99. The zero-order valence-corrected chi connectivity index (χ0v) is 9.09. The quantitative estimate of drug-likeness (QED) is 0.647. The third-order valence-corrected chi connectivity index (χ3v) is 3.01. The Balaban J connectivity index is 2.12. The van der Waals surface area contributed by atoms with Gasteiger partial charge in [-0.2, -0.15) is 13.2 Å². The van der Waals surface area contributed by atoms with Gasteiger partial charge in [-0.1, -0.05) is 0 Å². The first-order chi connectivity index (χ1) is 7.98. The second-order valence-corrected chi connectivity index (χ2v) is 4.16. The summed E-state index contributed by atoms with van der Waals surface area (Å²) in [5.74, 6) is -0.519. The molecule has 0 spiro atoms. The van der Waals surface area contributed by atoms with Crippen molar-refractivity contribution in [2.45, 2.75) is 17.3 Å². The lowest BCUT2D eigenvalue weighted by Gasteiger charge is -2.13. The Bertz CT molecular complexity index is 515. The van der Waals surface area contributed by atoms with E-state index in [0.717, 1.165) is 11.8 Å². The van der Waals surface area contributed by atoms with E-state index in [0.29, 0.717) is 16.2 Å². The van der Waals surface area contributed by atoms with E-state index >= 15 is 0 Å². The predicted octanol–water partition coefficient (Wildman–Crippen LogP) is 1.37. The van der Waals surface area contributed by atoms with Gasteiger partial charge in [0.05, 0.1) is 6.33 Å². The van der Waals surface area contributed by atoms with Gasteiger partial charge < -0.3 is 10.1 Å². The van der Waals surface area contributed by atoms with Gasteiger partial charge in [0.2, 0.25) is 0 Å². The van der Waals surface area contributed by atoms with Gasteiger partial charge in [-0.05, 0) is 0 Å². The number of fused-ring (bicyclic) bond motifs is 1. The van der Waals surface area contributed by atoms with Gasteiger partial charge in [0.25, 0.3) is 0 Å². The molecule has 2 aromatic rings. The molecule has 2 rings (SSSR count). The van der Waals surface area contributed by atoms with Crippen LogP contribution in [0, 0.1) is 0 Å². The number of H-pyrrole nitrogens is 1. The Morgan fingerprint density at radius 1 is 1.35 bits per heavy atom. The molecular formula is C8H7F3N4OS. The van der Waals surface area contributed by atoms with Crippen LogP contribution in [0.4, 0.5) is 13.2 Å². The molecule has 0 bridgehead atoms. The maximum absolute atomic E-state index is 12.1. The summed E-state index contributed by atoms with van der Waals surface area (Å²) in [6.45, 7) is 0. The van der Waals surface area contributed by atoms with Crippen LogP contribution < -0.4 is 0 Å². The first-order valence-electron chi connectivity index (χ1n) is 4.50. The molecule has 17 heavy (non-hydrogen) atoms. The zero-order chi connectivity index (χ0) is 12.5. The van der Waals surface area contributed by atoms with E-state index in [9.17, 15) is 13.2 Å². The number of halogens is 3. The van der Waals surface area contributed by atoms with E-state index in [4.69, 9.17) is 5.11 Å². The Labute approximate surface area is 97.5 Å². The highest BCUT2D eigenvalue weighted by Crippen LogP contribution is 2.27. The molecule has 2 aromatic heterocycles. The van der Waals surface area contributed by atoms with Crippen molar-refractivity contribution in [2.24, 2.45) is 0 Å². The van der Waals surface area contributed by atoms with E-state index in [1.807, 2.05) is 0 Å². The summed E-state index contributed by atoms with van der Waals surface area (Å²) in [7, 11) is 0. The average molecular weight is 264 g/mol. The summed E-state index contributed by atoms with van der Waals surface area (Å²) < 4.78 is 36.3. The molecule has 0 saturated heterocycles. The Hall–Kier alpha value is -1.35. The molecule has 9 heteroatoms. The largest absolute Gasteiger partial charge is 0.415 e. The van der Waals surface area contributed by atoms with Crippen molar-refractivity contribution in [1.82, 2.24) is 19.9 Å². The molecule has 1 atom stereocenters. The lowest BCUT2D eigenvalue weighted by Crippen LogP contribution is -2.30. The molecule has 5 nitrogen and oxygen atoms in total. The number of aromatic nitrogens is 4. The second kappa shape index (κ2) is 4.49. The van der Waals surface area contributed by atoms with Crippen molar-refractivity contribution < 1.29 is 18.3 Å². The van der Waals surface area contributed by atoms with Gasteiger partial charge in [0.15, 0.2) is 11.8 Å². The monoisotopic (exact) mass is 264 g/mol. The van der Waals surface area contributed by atoms with Crippen LogP contribution in [-0.2, 0) is 0 Å². The molecule has 0 unspecified atom stereocenters. The topological polar surface area (TPSA) is 74.7 Å². The number of alkyl halides is 3. The number of imidazole rings is 1. The normalized spacial score (nSPS) is 14.1. The maximum atomic E-state index is 12.1. The standard InChI is InChI=1S/C8H7F3N4OS/c9-8(10,11)4(16)1-17-7-5-6(13-2-12-5)14-3-15-7/h2-4,16H,1H2,(H,12,13,14,15)/t4-/m0/s1. The summed E-state index contributed by atoms with van der Waals surface area (Å²) in [6.07, 6.45) is -4.40. The Morgan fingerprint density at radius 2 is 2.12 bits per heavy atom. The number of hydrogen-bond donors (Lipinski definition) is 2. The average Bonchev–Trinajstić information content (AvgIpc) is 2.72. The van der Waals surface area contributed by atoms with E-state index in [-0.39, 0.29) is 0 Å². The van der Waals surface area contributed by atoms with Crippen LogP contribution in [0.15, 0.2) is 17.7 Å². The fourth-order valence-electron chi connectivity index (χ4n) is 1.10. The number of aliphatic hydroxyl groups excluding tert-OH is 1. The number of nitrogens with zero attached hydrogens (tertiary/aromatic N) is 3. The minimum absolute atomic E-state index is 0.329. The molecule has 2 heterocycles. The number of rotatable bonds is 3. The molecule has 0 radical (unpaired) electrons. The van der Waals surface area contributed by atoms with Gasteiger partial charge in [-0.25, -0.2) is 15.0 Å². The fourth-order valence-corrected chi connectivity index (χ4v) is 2.03. The zero-order valence-electron chi connectivity index (χ0n) is 8.27. The van der Waals surface area contributed by atoms with Crippen LogP contribution in [0.3, 0.4) is 0 Å². The van der Waals surface area contributed by atoms with Crippen LogP contribution in [0.1, 0.15) is 0 Å². The highest BCUT2D eigenvalue weighted by atomic mass is 32.2. The van der Waals surface area contributed by atoms with Crippen LogP contribution in [-0.4, -0.2) is 43.1 Å². The van der Waals surface area contributed by atoms with Crippen LogP contribution in [0.25, 0.3) is 11.2 Å². The van der Waals surface area contributed by atoms with Crippen LogP contribution in [0.2, 0.25) is 0 Å². The maximum Gasteiger partial charge on any atom is 0.415 e. The SMILES string of the molecule is O[C@@H](CSc1ncnc2nc[nH]c12)C(F)(F)F. The lowest BCUT2D eigenvalue weighted by atomic mass is 10.4. The molecule has 0 fully saturated rings. The molecular weight excluding hydrogens is 257 g/mol. The summed E-state index contributed by atoms with van der Waals surface area (Å²) in [5.41, 5.74) is 0.843. The van der Waals surface area contributed by atoms with Crippen molar-refractivity contribution in [3.05, 3.63) is 12.7 Å².